The third-order valence-corrected chi connectivity index (χ3v) is 4.39. The highest BCUT2D eigenvalue weighted by Crippen LogP contribution is 2.35. The quantitative estimate of drug-likeness (QED) is 0.713. The van der Waals surface area contributed by atoms with Crippen LogP contribution in [0, 0.1) is 0 Å². The number of likely N-dealkylation sites (N-methyl/N-ethyl adjacent to an activating group) is 1. The third kappa shape index (κ3) is 4.07. The molecule has 0 bridgehead atoms. The first kappa shape index (κ1) is 20.0. The minimum absolute atomic E-state index is 0.0322. The molecule has 1 N–H and O–H groups in total. The highest BCUT2D eigenvalue weighted by atomic mass is 35.5. The molecule has 1 aliphatic rings. The van der Waals surface area contributed by atoms with Crippen molar-refractivity contribution < 1.29 is 27.5 Å². The fourth-order valence-electron chi connectivity index (χ4n) is 2.58. The number of hydrogen-bond acceptors (Lipinski definition) is 4. The van der Waals surface area contributed by atoms with Crippen molar-refractivity contribution >= 4 is 46.3 Å². The maximum Gasteiger partial charge on any atom is 0.573 e. The number of imide groups is 1. The molecule has 2 aromatic rings. The maximum absolute atomic E-state index is 12.5. The Kier molecular flexibility index (Phi) is 5.27. The number of amides is 2. The van der Waals surface area contributed by atoms with Gasteiger partial charge in [0.2, 0.25) is 0 Å². The van der Waals surface area contributed by atoms with Gasteiger partial charge in [-0.1, -0.05) is 29.3 Å². The number of nitrogens with zero attached hydrogens (tertiary/aromatic N) is 1. The SMILES string of the molecule is CN1C(=O)C(Nc2ccc(OC(F)(F)F)cc2)=C(c2ccc(Cl)cc2Cl)C1=O. The van der Waals surface area contributed by atoms with Gasteiger partial charge in [0.1, 0.15) is 11.4 Å². The van der Waals surface area contributed by atoms with Crippen LogP contribution in [0.2, 0.25) is 10.0 Å². The Morgan fingerprint density at radius 3 is 2.21 bits per heavy atom. The zero-order valence-corrected chi connectivity index (χ0v) is 15.6. The van der Waals surface area contributed by atoms with Crippen molar-refractivity contribution in [3.05, 3.63) is 63.8 Å². The van der Waals surface area contributed by atoms with Crippen LogP contribution in [0.1, 0.15) is 5.56 Å². The minimum Gasteiger partial charge on any atom is -0.406 e. The molecule has 0 atom stereocenters. The summed E-state index contributed by atoms with van der Waals surface area (Å²) in [5, 5.41) is 3.30. The van der Waals surface area contributed by atoms with Crippen molar-refractivity contribution in [3.8, 4) is 5.75 Å². The maximum atomic E-state index is 12.5. The van der Waals surface area contributed by atoms with E-state index in [0.29, 0.717) is 10.6 Å². The molecular formula is C18H11Cl2F3N2O3. The number of rotatable bonds is 4. The number of nitrogens with one attached hydrogen (secondary N) is 1. The summed E-state index contributed by atoms with van der Waals surface area (Å²) in [5.74, 6) is -1.60. The molecule has 10 heteroatoms. The van der Waals surface area contributed by atoms with Crippen LogP contribution in [-0.4, -0.2) is 30.1 Å². The summed E-state index contributed by atoms with van der Waals surface area (Å²) in [6.45, 7) is 0. The predicted octanol–water partition coefficient (Wildman–Crippen LogP) is 4.71. The smallest absolute Gasteiger partial charge is 0.406 e. The summed E-state index contributed by atoms with van der Waals surface area (Å²) in [4.78, 5) is 25.9. The molecular weight excluding hydrogens is 420 g/mol. The van der Waals surface area contributed by atoms with Gasteiger partial charge >= 0.3 is 6.36 Å². The van der Waals surface area contributed by atoms with Crippen LogP contribution in [0.5, 0.6) is 5.75 Å². The summed E-state index contributed by atoms with van der Waals surface area (Å²) >= 11 is 12.0. The molecule has 0 saturated heterocycles. The second kappa shape index (κ2) is 7.37. The van der Waals surface area contributed by atoms with Gasteiger partial charge in [0.15, 0.2) is 0 Å². The van der Waals surface area contributed by atoms with E-state index in [0.717, 1.165) is 17.0 Å². The fourth-order valence-corrected chi connectivity index (χ4v) is 3.09. The standard InChI is InChI=1S/C18H11Cl2F3N2O3/c1-25-16(26)14(12-7-2-9(19)8-13(12)20)15(17(25)27)24-10-3-5-11(6-4-10)28-18(21,22)23/h2-8,24H,1H3. The van der Waals surface area contributed by atoms with Crippen molar-refractivity contribution in [2.24, 2.45) is 0 Å². The van der Waals surface area contributed by atoms with E-state index in [1.165, 1.54) is 37.4 Å². The monoisotopic (exact) mass is 430 g/mol. The van der Waals surface area contributed by atoms with Crippen molar-refractivity contribution in [1.82, 2.24) is 4.90 Å². The third-order valence-electron chi connectivity index (χ3n) is 3.84. The number of carbonyl (C=O) groups excluding carboxylic acids is 2. The zero-order valence-electron chi connectivity index (χ0n) is 14.1. The first-order valence-electron chi connectivity index (χ1n) is 7.72. The summed E-state index contributed by atoms with van der Waals surface area (Å²) in [5.41, 5.74) is 0.558. The van der Waals surface area contributed by atoms with Crippen LogP contribution in [0.15, 0.2) is 48.2 Å². The Morgan fingerprint density at radius 1 is 1.00 bits per heavy atom. The normalized spacial score (nSPS) is 14.7. The van der Waals surface area contributed by atoms with E-state index in [4.69, 9.17) is 23.2 Å². The average Bonchev–Trinajstić information content (AvgIpc) is 2.80. The molecule has 3 rings (SSSR count). The van der Waals surface area contributed by atoms with Gasteiger partial charge < -0.3 is 10.1 Å². The summed E-state index contributed by atoms with van der Waals surface area (Å²) in [6.07, 6.45) is -4.81. The lowest BCUT2D eigenvalue weighted by Gasteiger charge is -2.11. The number of anilines is 1. The van der Waals surface area contributed by atoms with Crippen LogP contribution in [0.25, 0.3) is 5.57 Å². The second-order valence-corrected chi connectivity index (χ2v) is 6.58. The van der Waals surface area contributed by atoms with Gasteiger partial charge in [-0.25, -0.2) is 0 Å². The first-order valence-corrected chi connectivity index (χ1v) is 8.47. The van der Waals surface area contributed by atoms with Crippen molar-refractivity contribution in [2.45, 2.75) is 6.36 Å². The first-order chi connectivity index (χ1) is 13.1. The molecule has 0 saturated carbocycles. The van der Waals surface area contributed by atoms with Gasteiger partial charge in [-0.2, -0.15) is 0 Å². The Labute approximate surface area is 167 Å². The van der Waals surface area contributed by atoms with Crippen LogP contribution in [0.3, 0.4) is 0 Å². The van der Waals surface area contributed by atoms with E-state index >= 15 is 0 Å². The summed E-state index contributed by atoms with van der Waals surface area (Å²) in [7, 11) is 1.31. The van der Waals surface area contributed by atoms with Crippen molar-refractivity contribution in [3.63, 3.8) is 0 Å². The highest BCUT2D eigenvalue weighted by molar-refractivity contribution is 6.41. The molecule has 0 fully saturated rings. The van der Waals surface area contributed by atoms with Crippen LogP contribution in [-0.2, 0) is 9.59 Å². The van der Waals surface area contributed by atoms with E-state index in [-0.39, 0.29) is 22.0 Å². The van der Waals surface area contributed by atoms with Crippen molar-refractivity contribution in [2.75, 3.05) is 12.4 Å². The van der Waals surface area contributed by atoms with Crippen LogP contribution < -0.4 is 10.1 Å². The van der Waals surface area contributed by atoms with Gasteiger partial charge in [0.05, 0.1) is 10.6 Å². The van der Waals surface area contributed by atoms with Crippen LogP contribution in [0.4, 0.5) is 18.9 Å². The summed E-state index contributed by atoms with van der Waals surface area (Å²) in [6, 6.07) is 9.19. The zero-order chi connectivity index (χ0) is 20.6. The second-order valence-electron chi connectivity index (χ2n) is 5.74. The molecule has 5 nitrogen and oxygen atoms in total. The molecule has 0 aliphatic carbocycles. The topological polar surface area (TPSA) is 58.6 Å². The Hall–Kier alpha value is -2.71. The summed E-state index contributed by atoms with van der Waals surface area (Å²) < 4.78 is 40.6. The Morgan fingerprint density at radius 2 is 1.64 bits per heavy atom. The Balaban J connectivity index is 1.98. The van der Waals surface area contributed by atoms with Crippen LogP contribution >= 0.6 is 23.2 Å². The molecule has 28 heavy (non-hydrogen) atoms. The van der Waals surface area contributed by atoms with E-state index in [9.17, 15) is 22.8 Å². The minimum atomic E-state index is -4.81. The van der Waals surface area contributed by atoms with Gasteiger partial charge in [-0.15, -0.1) is 13.2 Å². The predicted molar refractivity (Wildman–Crippen MR) is 97.9 cm³/mol. The lowest BCUT2D eigenvalue weighted by Crippen LogP contribution is -2.27. The lowest BCUT2D eigenvalue weighted by atomic mass is 10.0. The van der Waals surface area contributed by atoms with E-state index in [1.807, 2.05) is 0 Å². The number of carbonyl (C=O) groups is 2. The number of alkyl halides is 3. The average molecular weight is 431 g/mol. The van der Waals surface area contributed by atoms with E-state index in [2.05, 4.69) is 10.1 Å². The van der Waals surface area contributed by atoms with Gasteiger partial charge in [-0.3, -0.25) is 14.5 Å². The molecule has 0 unspecified atom stereocenters. The Bertz CT molecular complexity index is 989. The van der Waals surface area contributed by atoms with Gasteiger partial charge in [0, 0.05) is 23.3 Å². The fraction of sp³-hybridized carbons (Fsp3) is 0.111. The van der Waals surface area contributed by atoms with E-state index in [1.54, 1.807) is 0 Å². The molecule has 146 valence electrons. The number of halogens is 5. The molecule has 2 amide bonds. The largest absolute Gasteiger partial charge is 0.573 e. The van der Waals surface area contributed by atoms with E-state index < -0.39 is 23.9 Å². The molecule has 0 radical (unpaired) electrons. The molecule has 1 aliphatic heterocycles. The number of ether oxygens (including phenoxy) is 1. The van der Waals surface area contributed by atoms with Gasteiger partial charge in [-0.05, 0) is 36.4 Å². The number of hydrogen-bond donors (Lipinski definition) is 1. The molecule has 1 heterocycles. The molecule has 2 aromatic carbocycles. The number of benzene rings is 2. The highest BCUT2D eigenvalue weighted by Gasteiger charge is 2.37. The van der Waals surface area contributed by atoms with Gasteiger partial charge in [0.25, 0.3) is 11.8 Å². The van der Waals surface area contributed by atoms with Crippen molar-refractivity contribution in [1.29, 1.82) is 0 Å². The lowest BCUT2D eigenvalue weighted by molar-refractivity contribution is -0.274. The molecule has 0 spiro atoms. The molecule has 0 aromatic heterocycles.